The standard InChI is InChI=1S/C14H17ClN2O3/c1-20-14(19)8-5-6-10(15)12(7-8)17-13(18)9-3-2-4-11(9)16/h5-7,9,11H,2-4,16H2,1H3,(H,17,18). The first-order valence-corrected chi connectivity index (χ1v) is 6.85. The molecule has 2 unspecified atom stereocenters. The van der Waals surface area contributed by atoms with E-state index >= 15 is 0 Å². The van der Waals surface area contributed by atoms with Gasteiger partial charge in [0, 0.05) is 6.04 Å². The van der Waals surface area contributed by atoms with Crippen molar-refractivity contribution in [1.29, 1.82) is 0 Å². The van der Waals surface area contributed by atoms with E-state index in [0.717, 1.165) is 19.3 Å². The largest absolute Gasteiger partial charge is 0.465 e. The Morgan fingerprint density at radius 3 is 2.75 bits per heavy atom. The second-order valence-electron chi connectivity index (χ2n) is 4.88. The van der Waals surface area contributed by atoms with Gasteiger partial charge in [-0.1, -0.05) is 18.0 Å². The van der Waals surface area contributed by atoms with Gasteiger partial charge >= 0.3 is 5.97 Å². The summed E-state index contributed by atoms with van der Waals surface area (Å²) in [6.07, 6.45) is 2.59. The summed E-state index contributed by atoms with van der Waals surface area (Å²) in [5.74, 6) is -0.832. The third kappa shape index (κ3) is 3.11. The molecule has 108 valence electrons. The van der Waals surface area contributed by atoms with E-state index in [1.54, 1.807) is 12.1 Å². The van der Waals surface area contributed by atoms with Gasteiger partial charge in [-0.05, 0) is 31.0 Å². The van der Waals surface area contributed by atoms with E-state index in [4.69, 9.17) is 17.3 Å². The van der Waals surface area contributed by atoms with Crippen molar-refractivity contribution in [2.24, 2.45) is 11.7 Å². The van der Waals surface area contributed by atoms with Gasteiger partial charge < -0.3 is 15.8 Å². The lowest BCUT2D eigenvalue weighted by Gasteiger charge is -2.16. The number of carbonyl (C=O) groups excluding carboxylic acids is 2. The van der Waals surface area contributed by atoms with Crippen LogP contribution in [0.2, 0.25) is 5.02 Å². The van der Waals surface area contributed by atoms with Crippen molar-refractivity contribution in [2.45, 2.75) is 25.3 Å². The van der Waals surface area contributed by atoms with E-state index < -0.39 is 5.97 Å². The number of hydrogen-bond acceptors (Lipinski definition) is 4. The minimum absolute atomic E-state index is 0.113. The number of nitrogens with one attached hydrogen (secondary N) is 1. The number of halogens is 1. The number of hydrogen-bond donors (Lipinski definition) is 2. The maximum atomic E-state index is 12.2. The molecule has 0 bridgehead atoms. The van der Waals surface area contributed by atoms with Crippen LogP contribution in [-0.2, 0) is 9.53 Å². The molecule has 1 aromatic carbocycles. The van der Waals surface area contributed by atoms with Gasteiger partial charge in [-0.3, -0.25) is 4.79 Å². The minimum atomic E-state index is -0.477. The monoisotopic (exact) mass is 296 g/mol. The van der Waals surface area contributed by atoms with Gasteiger partial charge in [0.15, 0.2) is 0 Å². The van der Waals surface area contributed by atoms with Crippen molar-refractivity contribution in [3.8, 4) is 0 Å². The second-order valence-corrected chi connectivity index (χ2v) is 5.28. The van der Waals surface area contributed by atoms with Crippen LogP contribution in [0.25, 0.3) is 0 Å². The topological polar surface area (TPSA) is 81.4 Å². The molecule has 1 aliphatic rings. The fraction of sp³-hybridized carbons (Fsp3) is 0.429. The Bertz CT molecular complexity index is 533. The third-order valence-corrected chi connectivity index (χ3v) is 3.88. The first kappa shape index (κ1) is 14.8. The zero-order chi connectivity index (χ0) is 14.7. The van der Waals surface area contributed by atoms with Crippen LogP contribution in [0.15, 0.2) is 18.2 Å². The van der Waals surface area contributed by atoms with Crippen LogP contribution >= 0.6 is 11.6 Å². The molecule has 3 N–H and O–H groups in total. The maximum Gasteiger partial charge on any atom is 0.337 e. The number of anilines is 1. The van der Waals surface area contributed by atoms with Crippen LogP contribution in [0, 0.1) is 5.92 Å². The zero-order valence-electron chi connectivity index (χ0n) is 11.2. The SMILES string of the molecule is COC(=O)c1ccc(Cl)c(NC(=O)C2CCCC2N)c1. The number of esters is 1. The van der Waals surface area contributed by atoms with Gasteiger partial charge in [0.25, 0.3) is 0 Å². The number of nitrogens with two attached hydrogens (primary N) is 1. The molecule has 2 atom stereocenters. The van der Waals surface area contributed by atoms with Crippen molar-refractivity contribution in [1.82, 2.24) is 0 Å². The molecular formula is C14H17ClN2O3. The van der Waals surface area contributed by atoms with E-state index in [-0.39, 0.29) is 17.9 Å². The van der Waals surface area contributed by atoms with Gasteiger partial charge in [0.1, 0.15) is 0 Å². The number of benzene rings is 1. The Hall–Kier alpha value is -1.59. The molecular weight excluding hydrogens is 280 g/mol. The fourth-order valence-electron chi connectivity index (χ4n) is 2.41. The molecule has 20 heavy (non-hydrogen) atoms. The lowest BCUT2D eigenvalue weighted by atomic mass is 10.0. The number of rotatable bonds is 3. The normalized spacial score (nSPS) is 21.6. The molecule has 1 saturated carbocycles. The molecule has 1 aliphatic carbocycles. The Morgan fingerprint density at radius 2 is 2.15 bits per heavy atom. The first-order valence-electron chi connectivity index (χ1n) is 6.47. The summed E-state index contributed by atoms with van der Waals surface area (Å²) in [7, 11) is 1.30. The van der Waals surface area contributed by atoms with Crippen LogP contribution in [0.1, 0.15) is 29.6 Å². The van der Waals surface area contributed by atoms with Gasteiger partial charge in [-0.25, -0.2) is 4.79 Å². The molecule has 0 saturated heterocycles. The highest BCUT2D eigenvalue weighted by Crippen LogP contribution is 2.28. The average Bonchev–Trinajstić information content (AvgIpc) is 2.86. The van der Waals surface area contributed by atoms with E-state index in [9.17, 15) is 9.59 Å². The van der Waals surface area contributed by atoms with Gasteiger partial charge in [-0.2, -0.15) is 0 Å². The Morgan fingerprint density at radius 1 is 1.40 bits per heavy atom. The van der Waals surface area contributed by atoms with Gasteiger partial charge in [-0.15, -0.1) is 0 Å². The van der Waals surface area contributed by atoms with Crippen molar-refractivity contribution < 1.29 is 14.3 Å². The quantitative estimate of drug-likeness (QED) is 0.838. The Labute approximate surface area is 122 Å². The van der Waals surface area contributed by atoms with Crippen LogP contribution in [0.5, 0.6) is 0 Å². The van der Waals surface area contributed by atoms with Crippen molar-refractivity contribution in [3.63, 3.8) is 0 Å². The molecule has 1 aromatic rings. The molecule has 1 fully saturated rings. The summed E-state index contributed by atoms with van der Waals surface area (Å²) in [5, 5.41) is 3.12. The van der Waals surface area contributed by atoms with E-state index in [0.29, 0.717) is 16.3 Å². The third-order valence-electron chi connectivity index (χ3n) is 3.55. The van der Waals surface area contributed by atoms with Gasteiger partial charge in [0.2, 0.25) is 5.91 Å². The minimum Gasteiger partial charge on any atom is -0.465 e. The van der Waals surface area contributed by atoms with E-state index in [2.05, 4.69) is 10.1 Å². The Kier molecular flexibility index (Phi) is 4.62. The molecule has 1 amide bonds. The molecule has 0 spiro atoms. The lowest BCUT2D eigenvalue weighted by molar-refractivity contribution is -0.120. The summed E-state index contributed by atoms with van der Waals surface area (Å²) in [6.45, 7) is 0. The van der Waals surface area contributed by atoms with Crippen LogP contribution in [0.3, 0.4) is 0 Å². The van der Waals surface area contributed by atoms with E-state index in [1.165, 1.54) is 13.2 Å². The highest BCUT2D eigenvalue weighted by molar-refractivity contribution is 6.33. The fourth-order valence-corrected chi connectivity index (χ4v) is 2.57. The summed E-state index contributed by atoms with van der Waals surface area (Å²) in [4.78, 5) is 23.6. The number of ether oxygens (including phenoxy) is 1. The predicted molar refractivity (Wildman–Crippen MR) is 76.7 cm³/mol. The predicted octanol–water partition coefficient (Wildman–Crippen LogP) is 2.19. The highest BCUT2D eigenvalue weighted by Gasteiger charge is 2.30. The number of carbonyl (C=O) groups is 2. The molecule has 5 nitrogen and oxygen atoms in total. The van der Waals surface area contributed by atoms with Crippen LogP contribution in [0.4, 0.5) is 5.69 Å². The molecule has 0 heterocycles. The molecule has 6 heteroatoms. The van der Waals surface area contributed by atoms with Gasteiger partial charge in [0.05, 0.1) is 29.3 Å². The second kappa shape index (κ2) is 6.24. The summed E-state index contributed by atoms with van der Waals surface area (Å²) < 4.78 is 4.64. The number of methoxy groups -OCH3 is 1. The lowest BCUT2D eigenvalue weighted by Crippen LogP contribution is -2.34. The molecule has 0 aliphatic heterocycles. The maximum absolute atomic E-state index is 12.2. The first-order chi connectivity index (χ1) is 9.52. The zero-order valence-corrected chi connectivity index (χ0v) is 11.9. The van der Waals surface area contributed by atoms with Crippen molar-refractivity contribution in [3.05, 3.63) is 28.8 Å². The molecule has 2 rings (SSSR count). The summed E-state index contributed by atoms with van der Waals surface area (Å²) >= 11 is 6.03. The smallest absolute Gasteiger partial charge is 0.337 e. The highest BCUT2D eigenvalue weighted by atomic mass is 35.5. The molecule has 0 radical (unpaired) electrons. The van der Waals surface area contributed by atoms with Crippen LogP contribution < -0.4 is 11.1 Å². The molecule has 0 aromatic heterocycles. The van der Waals surface area contributed by atoms with E-state index in [1.807, 2.05) is 0 Å². The summed E-state index contributed by atoms with van der Waals surface area (Å²) in [6, 6.07) is 4.49. The average molecular weight is 297 g/mol. The van der Waals surface area contributed by atoms with Crippen molar-refractivity contribution in [2.75, 3.05) is 12.4 Å². The van der Waals surface area contributed by atoms with Crippen LogP contribution in [-0.4, -0.2) is 25.0 Å². The Balaban J connectivity index is 2.16. The summed E-state index contributed by atoms with van der Waals surface area (Å²) in [5.41, 5.74) is 6.64. The number of amides is 1. The van der Waals surface area contributed by atoms with Crippen molar-refractivity contribution >= 4 is 29.2 Å².